The molecule has 0 aromatic carbocycles. The molecule has 0 aliphatic rings. The van der Waals surface area contributed by atoms with E-state index in [2.05, 4.69) is 32.2 Å². The summed E-state index contributed by atoms with van der Waals surface area (Å²) in [5.74, 6) is 0.643. The highest BCUT2D eigenvalue weighted by molar-refractivity contribution is 7.09. The lowest BCUT2D eigenvalue weighted by atomic mass is 10.2. The largest absolute Gasteiger partial charge is 0.354 e. The van der Waals surface area contributed by atoms with Crippen LogP contribution in [0.5, 0.6) is 0 Å². The van der Waals surface area contributed by atoms with E-state index < -0.39 is 0 Å². The minimum atomic E-state index is 0.643. The third-order valence-corrected chi connectivity index (χ3v) is 4.29. The number of anilines is 1. The average molecular weight is 311 g/mol. The molecule has 22 heavy (non-hydrogen) atoms. The van der Waals surface area contributed by atoms with Gasteiger partial charge in [-0.2, -0.15) is 0 Å². The molecule has 3 aromatic rings. The first kappa shape index (κ1) is 14.6. The van der Waals surface area contributed by atoms with E-state index in [1.165, 1.54) is 4.88 Å². The Kier molecular flexibility index (Phi) is 4.70. The van der Waals surface area contributed by atoms with Gasteiger partial charge >= 0.3 is 0 Å². The second-order valence-electron chi connectivity index (χ2n) is 4.87. The minimum Gasteiger partial charge on any atom is -0.354 e. The van der Waals surface area contributed by atoms with E-state index >= 15 is 0 Å². The second-order valence-corrected chi connectivity index (χ2v) is 5.81. The topological polar surface area (TPSA) is 63.6 Å². The van der Waals surface area contributed by atoms with Crippen LogP contribution in [0.3, 0.4) is 0 Å². The zero-order valence-electron chi connectivity index (χ0n) is 12.4. The maximum absolute atomic E-state index is 4.50. The van der Waals surface area contributed by atoms with Crippen molar-refractivity contribution in [2.45, 2.75) is 19.8 Å². The van der Waals surface area contributed by atoms with Gasteiger partial charge in [-0.15, -0.1) is 11.3 Å². The van der Waals surface area contributed by atoms with Crippen LogP contribution in [0.15, 0.2) is 42.2 Å². The summed E-state index contributed by atoms with van der Waals surface area (Å²) in [6, 6.07) is 7.66. The van der Waals surface area contributed by atoms with Crippen LogP contribution in [0.4, 0.5) is 5.95 Å². The fraction of sp³-hybridized carbons (Fsp3) is 0.250. The zero-order valence-corrected chi connectivity index (χ0v) is 13.2. The van der Waals surface area contributed by atoms with Crippen LogP contribution in [0.25, 0.3) is 11.4 Å². The maximum atomic E-state index is 4.50. The van der Waals surface area contributed by atoms with Gasteiger partial charge in [-0.1, -0.05) is 6.07 Å². The Morgan fingerprint density at radius 1 is 1.05 bits per heavy atom. The van der Waals surface area contributed by atoms with E-state index in [9.17, 15) is 0 Å². The SMILES string of the molecule is Cc1ncsc1CCCNc1nccc(-c2ccccn2)n1. The Labute approximate surface area is 133 Å². The molecule has 0 atom stereocenters. The molecule has 0 radical (unpaired) electrons. The number of rotatable bonds is 6. The highest BCUT2D eigenvalue weighted by Crippen LogP contribution is 2.15. The van der Waals surface area contributed by atoms with Crippen molar-refractivity contribution in [2.75, 3.05) is 11.9 Å². The Balaban J connectivity index is 1.56. The summed E-state index contributed by atoms with van der Waals surface area (Å²) in [5, 5.41) is 3.27. The Morgan fingerprint density at radius 2 is 2.00 bits per heavy atom. The van der Waals surface area contributed by atoms with Crippen molar-refractivity contribution in [3.05, 3.63) is 52.7 Å². The molecule has 0 saturated heterocycles. The third kappa shape index (κ3) is 3.65. The van der Waals surface area contributed by atoms with E-state index in [1.807, 2.05) is 29.8 Å². The van der Waals surface area contributed by atoms with Crippen molar-refractivity contribution in [3.8, 4) is 11.4 Å². The first-order chi connectivity index (χ1) is 10.8. The quantitative estimate of drug-likeness (QED) is 0.707. The van der Waals surface area contributed by atoms with E-state index in [0.717, 1.165) is 36.5 Å². The van der Waals surface area contributed by atoms with Gasteiger partial charge in [-0.25, -0.2) is 15.0 Å². The summed E-state index contributed by atoms with van der Waals surface area (Å²) in [5.41, 5.74) is 4.72. The Morgan fingerprint density at radius 3 is 2.77 bits per heavy atom. The van der Waals surface area contributed by atoms with E-state index in [-0.39, 0.29) is 0 Å². The molecule has 3 rings (SSSR count). The van der Waals surface area contributed by atoms with E-state index in [4.69, 9.17) is 0 Å². The van der Waals surface area contributed by atoms with Gasteiger partial charge in [0.2, 0.25) is 5.95 Å². The van der Waals surface area contributed by atoms with Gasteiger partial charge in [0.15, 0.2) is 0 Å². The summed E-state index contributed by atoms with van der Waals surface area (Å²) in [6.07, 6.45) is 5.58. The van der Waals surface area contributed by atoms with Crippen LogP contribution in [-0.4, -0.2) is 26.5 Å². The van der Waals surface area contributed by atoms with Crippen molar-refractivity contribution in [1.29, 1.82) is 0 Å². The molecular weight excluding hydrogens is 294 g/mol. The van der Waals surface area contributed by atoms with Crippen molar-refractivity contribution in [1.82, 2.24) is 19.9 Å². The first-order valence-electron chi connectivity index (χ1n) is 7.20. The fourth-order valence-corrected chi connectivity index (χ4v) is 2.94. The summed E-state index contributed by atoms with van der Waals surface area (Å²) >= 11 is 1.72. The van der Waals surface area contributed by atoms with Crippen molar-refractivity contribution < 1.29 is 0 Å². The maximum Gasteiger partial charge on any atom is 0.223 e. The van der Waals surface area contributed by atoms with Crippen molar-refractivity contribution >= 4 is 17.3 Å². The Hall–Kier alpha value is -2.34. The lowest BCUT2D eigenvalue weighted by Crippen LogP contribution is -2.06. The molecule has 0 unspecified atom stereocenters. The average Bonchev–Trinajstić information content (AvgIpc) is 2.98. The molecule has 0 aliphatic carbocycles. The number of aryl methyl sites for hydroxylation is 2. The van der Waals surface area contributed by atoms with Crippen LogP contribution in [0.1, 0.15) is 17.0 Å². The van der Waals surface area contributed by atoms with Crippen LogP contribution >= 0.6 is 11.3 Å². The van der Waals surface area contributed by atoms with Gasteiger partial charge in [0, 0.05) is 23.8 Å². The summed E-state index contributed by atoms with van der Waals surface area (Å²) in [7, 11) is 0. The normalized spacial score (nSPS) is 10.6. The van der Waals surface area contributed by atoms with Gasteiger partial charge in [-0.3, -0.25) is 4.98 Å². The van der Waals surface area contributed by atoms with Gasteiger partial charge in [0.05, 0.1) is 22.6 Å². The standard InChI is InChI=1S/C16H17N5S/c1-12-15(22-11-20-12)6-4-9-18-16-19-10-7-14(21-16)13-5-2-3-8-17-13/h2-3,5,7-8,10-11H,4,6,9H2,1H3,(H,18,19,21). The minimum absolute atomic E-state index is 0.643. The first-order valence-corrected chi connectivity index (χ1v) is 8.08. The molecule has 3 aromatic heterocycles. The predicted octanol–water partition coefficient (Wildman–Crippen LogP) is 3.35. The lowest BCUT2D eigenvalue weighted by Gasteiger charge is -2.06. The van der Waals surface area contributed by atoms with Gasteiger partial charge in [0.1, 0.15) is 0 Å². The monoisotopic (exact) mass is 311 g/mol. The third-order valence-electron chi connectivity index (χ3n) is 3.29. The molecule has 0 fully saturated rings. The van der Waals surface area contributed by atoms with E-state index in [1.54, 1.807) is 23.7 Å². The molecule has 0 spiro atoms. The molecule has 0 aliphatic heterocycles. The van der Waals surface area contributed by atoms with Crippen molar-refractivity contribution in [2.24, 2.45) is 0 Å². The number of thiazole rings is 1. The van der Waals surface area contributed by atoms with E-state index in [0.29, 0.717) is 5.95 Å². The van der Waals surface area contributed by atoms with Crippen LogP contribution in [-0.2, 0) is 6.42 Å². The molecule has 5 nitrogen and oxygen atoms in total. The molecule has 6 heteroatoms. The van der Waals surface area contributed by atoms with Crippen molar-refractivity contribution in [3.63, 3.8) is 0 Å². The van der Waals surface area contributed by atoms with Gasteiger partial charge in [0.25, 0.3) is 0 Å². The number of nitrogens with zero attached hydrogens (tertiary/aromatic N) is 4. The summed E-state index contributed by atoms with van der Waals surface area (Å²) in [4.78, 5) is 18.7. The zero-order chi connectivity index (χ0) is 15.2. The molecule has 0 bridgehead atoms. The van der Waals surface area contributed by atoms with Crippen LogP contribution < -0.4 is 5.32 Å². The van der Waals surface area contributed by atoms with Gasteiger partial charge in [-0.05, 0) is 38.0 Å². The second kappa shape index (κ2) is 7.09. The molecule has 0 amide bonds. The number of aromatic nitrogens is 4. The smallest absolute Gasteiger partial charge is 0.223 e. The number of pyridine rings is 1. The summed E-state index contributed by atoms with van der Waals surface area (Å²) in [6.45, 7) is 2.89. The highest BCUT2D eigenvalue weighted by Gasteiger charge is 2.04. The number of hydrogen-bond acceptors (Lipinski definition) is 6. The predicted molar refractivity (Wildman–Crippen MR) is 88.9 cm³/mol. The van der Waals surface area contributed by atoms with Crippen LogP contribution in [0.2, 0.25) is 0 Å². The molecular formula is C16H17N5S. The Bertz CT molecular complexity index is 726. The fourth-order valence-electron chi connectivity index (χ4n) is 2.12. The molecule has 3 heterocycles. The molecule has 0 saturated carbocycles. The lowest BCUT2D eigenvalue weighted by molar-refractivity contribution is 0.856. The molecule has 1 N–H and O–H groups in total. The number of hydrogen-bond donors (Lipinski definition) is 1. The molecule has 112 valence electrons. The highest BCUT2D eigenvalue weighted by atomic mass is 32.1. The van der Waals surface area contributed by atoms with Gasteiger partial charge < -0.3 is 5.32 Å². The number of nitrogens with one attached hydrogen (secondary N) is 1. The summed E-state index contributed by atoms with van der Waals surface area (Å²) < 4.78 is 0. The van der Waals surface area contributed by atoms with Crippen LogP contribution in [0, 0.1) is 6.92 Å².